The van der Waals surface area contributed by atoms with E-state index in [-0.39, 0.29) is 11.9 Å². The number of aromatic nitrogens is 1. The van der Waals surface area contributed by atoms with Crippen molar-refractivity contribution in [2.45, 2.75) is 26.3 Å². The minimum atomic E-state index is -0.127. The highest BCUT2D eigenvalue weighted by molar-refractivity contribution is 5.94. The number of benzene rings is 1. The van der Waals surface area contributed by atoms with Crippen molar-refractivity contribution in [1.29, 1.82) is 0 Å². The minimum absolute atomic E-state index is 0.000187. The van der Waals surface area contributed by atoms with Gasteiger partial charge in [-0.05, 0) is 25.0 Å². The van der Waals surface area contributed by atoms with Crippen LogP contribution in [0.25, 0.3) is 0 Å². The first-order chi connectivity index (χ1) is 10.1. The first-order valence-electron chi connectivity index (χ1n) is 7.01. The molecule has 1 unspecified atom stereocenters. The highest BCUT2D eigenvalue weighted by Crippen LogP contribution is 2.18. The van der Waals surface area contributed by atoms with E-state index in [4.69, 9.17) is 4.74 Å². The predicted molar refractivity (Wildman–Crippen MR) is 82.5 cm³/mol. The summed E-state index contributed by atoms with van der Waals surface area (Å²) < 4.78 is 4.99. The lowest BCUT2D eigenvalue weighted by molar-refractivity contribution is 0.0935. The molecule has 110 valence electrons. The number of carbonyl (C=O) groups excluding carboxylic acids is 1. The Morgan fingerprint density at radius 2 is 1.95 bits per heavy atom. The molecular formula is C17H20N2O2. The molecule has 1 N–H and O–H groups in total. The zero-order chi connectivity index (χ0) is 15.2. The van der Waals surface area contributed by atoms with Crippen LogP contribution < -0.4 is 10.1 Å². The third-order valence-electron chi connectivity index (χ3n) is 3.40. The zero-order valence-corrected chi connectivity index (χ0v) is 12.6. The molecule has 0 saturated carbocycles. The Morgan fingerprint density at radius 1 is 1.24 bits per heavy atom. The van der Waals surface area contributed by atoms with Gasteiger partial charge in [0.1, 0.15) is 0 Å². The SMILES string of the molecule is CCC(NC(=O)c1ccc(OC)nc1)c1ccc(C)cc1. The van der Waals surface area contributed by atoms with Crippen molar-refractivity contribution in [3.05, 3.63) is 59.3 Å². The van der Waals surface area contributed by atoms with Gasteiger partial charge in [0.2, 0.25) is 5.88 Å². The third kappa shape index (κ3) is 3.81. The molecule has 0 aliphatic heterocycles. The standard InChI is InChI=1S/C17H20N2O2/c1-4-15(13-7-5-12(2)6-8-13)19-17(20)14-9-10-16(21-3)18-11-14/h5-11,15H,4H2,1-3H3,(H,19,20). The Balaban J connectivity index is 2.10. The molecule has 1 aromatic carbocycles. The second-order valence-electron chi connectivity index (χ2n) is 4.93. The maximum Gasteiger partial charge on any atom is 0.253 e. The number of aryl methyl sites for hydroxylation is 1. The molecule has 0 saturated heterocycles. The molecule has 1 aromatic heterocycles. The van der Waals surface area contributed by atoms with E-state index in [2.05, 4.69) is 41.5 Å². The average molecular weight is 284 g/mol. The number of nitrogens with one attached hydrogen (secondary N) is 1. The van der Waals surface area contributed by atoms with Crippen molar-refractivity contribution in [2.75, 3.05) is 7.11 Å². The largest absolute Gasteiger partial charge is 0.481 e. The Hall–Kier alpha value is -2.36. The second-order valence-corrected chi connectivity index (χ2v) is 4.93. The molecule has 0 fully saturated rings. The van der Waals surface area contributed by atoms with Gasteiger partial charge in [0, 0.05) is 12.3 Å². The topological polar surface area (TPSA) is 51.2 Å². The van der Waals surface area contributed by atoms with Crippen LogP contribution in [0.5, 0.6) is 5.88 Å². The Morgan fingerprint density at radius 3 is 2.48 bits per heavy atom. The molecule has 2 rings (SSSR count). The monoisotopic (exact) mass is 284 g/mol. The fourth-order valence-electron chi connectivity index (χ4n) is 2.10. The van der Waals surface area contributed by atoms with Gasteiger partial charge in [-0.3, -0.25) is 4.79 Å². The van der Waals surface area contributed by atoms with Crippen LogP contribution in [0.2, 0.25) is 0 Å². The summed E-state index contributed by atoms with van der Waals surface area (Å²) in [6, 6.07) is 11.6. The van der Waals surface area contributed by atoms with Crippen LogP contribution in [0.4, 0.5) is 0 Å². The van der Waals surface area contributed by atoms with E-state index in [9.17, 15) is 4.79 Å². The van der Waals surface area contributed by atoms with Crippen molar-refractivity contribution in [2.24, 2.45) is 0 Å². The fraction of sp³-hybridized carbons (Fsp3) is 0.294. The van der Waals surface area contributed by atoms with E-state index >= 15 is 0 Å². The van der Waals surface area contributed by atoms with Gasteiger partial charge in [-0.25, -0.2) is 4.98 Å². The normalized spacial score (nSPS) is 11.8. The van der Waals surface area contributed by atoms with Crippen LogP contribution in [-0.2, 0) is 0 Å². The van der Waals surface area contributed by atoms with E-state index < -0.39 is 0 Å². The highest BCUT2D eigenvalue weighted by Gasteiger charge is 2.14. The number of hydrogen-bond acceptors (Lipinski definition) is 3. The summed E-state index contributed by atoms with van der Waals surface area (Å²) in [6.07, 6.45) is 2.36. The lowest BCUT2D eigenvalue weighted by atomic mass is 10.0. The van der Waals surface area contributed by atoms with Gasteiger partial charge in [-0.1, -0.05) is 36.8 Å². The van der Waals surface area contributed by atoms with Gasteiger partial charge in [-0.15, -0.1) is 0 Å². The van der Waals surface area contributed by atoms with Crippen molar-refractivity contribution < 1.29 is 9.53 Å². The smallest absolute Gasteiger partial charge is 0.253 e. The number of carbonyl (C=O) groups is 1. The molecule has 0 spiro atoms. The number of ether oxygens (including phenoxy) is 1. The van der Waals surface area contributed by atoms with E-state index in [1.807, 2.05) is 6.92 Å². The highest BCUT2D eigenvalue weighted by atomic mass is 16.5. The van der Waals surface area contributed by atoms with Crippen molar-refractivity contribution >= 4 is 5.91 Å². The van der Waals surface area contributed by atoms with Gasteiger partial charge >= 0.3 is 0 Å². The zero-order valence-electron chi connectivity index (χ0n) is 12.6. The second kappa shape index (κ2) is 6.88. The molecule has 1 atom stereocenters. The van der Waals surface area contributed by atoms with Gasteiger partial charge in [-0.2, -0.15) is 0 Å². The predicted octanol–water partition coefficient (Wildman–Crippen LogP) is 3.28. The molecule has 0 radical (unpaired) electrons. The quantitative estimate of drug-likeness (QED) is 0.916. The van der Waals surface area contributed by atoms with Crippen LogP contribution in [0.1, 0.15) is 40.9 Å². The first-order valence-corrected chi connectivity index (χ1v) is 7.01. The third-order valence-corrected chi connectivity index (χ3v) is 3.40. The molecule has 0 bridgehead atoms. The van der Waals surface area contributed by atoms with Crippen molar-refractivity contribution in [1.82, 2.24) is 10.3 Å². The lowest BCUT2D eigenvalue weighted by Crippen LogP contribution is -2.28. The molecule has 2 aromatic rings. The van der Waals surface area contributed by atoms with Crippen LogP contribution in [0.3, 0.4) is 0 Å². The molecule has 0 aliphatic carbocycles. The molecule has 0 aliphatic rings. The maximum atomic E-state index is 12.3. The van der Waals surface area contributed by atoms with Crippen LogP contribution >= 0.6 is 0 Å². The minimum Gasteiger partial charge on any atom is -0.481 e. The van der Waals surface area contributed by atoms with E-state index in [0.29, 0.717) is 11.4 Å². The van der Waals surface area contributed by atoms with Gasteiger partial charge < -0.3 is 10.1 Å². The van der Waals surface area contributed by atoms with E-state index in [1.165, 1.54) is 11.8 Å². The number of pyridine rings is 1. The summed E-state index contributed by atoms with van der Waals surface area (Å²) in [7, 11) is 1.55. The number of rotatable bonds is 5. The Labute approximate surface area is 125 Å². The summed E-state index contributed by atoms with van der Waals surface area (Å²) in [5.41, 5.74) is 2.85. The maximum absolute atomic E-state index is 12.3. The molecular weight excluding hydrogens is 264 g/mol. The van der Waals surface area contributed by atoms with E-state index in [1.54, 1.807) is 19.2 Å². The van der Waals surface area contributed by atoms with Crippen LogP contribution in [0, 0.1) is 6.92 Å². The number of nitrogens with zero attached hydrogens (tertiary/aromatic N) is 1. The fourth-order valence-corrected chi connectivity index (χ4v) is 2.10. The molecule has 4 heteroatoms. The Bertz CT molecular complexity index is 591. The summed E-state index contributed by atoms with van der Waals surface area (Å²) in [6.45, 7) is 4.10. The van der Waals surface area contributed by atoms with Crippen LogP contribution in [0.15, 0.2) is 42.6 Å². The summed E-state index contributed by atoms with van der Waals surface area (Å²) >= 11 is 0. The Kier molecular flexibility index (Phi) is 4.93. The molecule has 21 heavy (non-hydrogen) atoms. The van der Waals surface area contributed by atoms with E-state index in [0.717, 1.165) is 12.0 Å². The van der Waals surface area contributed by atoms with Gasteiger partial charge in [0.15, 0.2) is 0 Å². The van der Waals surface area contributed by atoms with Crippen molar-refractivity contribution in [3.63, 3.8) is 0 Å². The molecule has 4 nitrogen and oxygen atoms in total. The average Bonchev–Trinajstić information content (AvgIpc) is 2.53. The summed E-state index contributed by atoms with van der Waals surface area (Å²) in [4.78, 5) is 16.3. The summed E-state index contributed by atoms with van der Waals surface area (Å²) in [5, 5.41) is 3.04. The molecule has 1 heterocycles. The first kappa shape index (κ1) is 15.0. The van der Waals surface area contributed by atoms with Crippen molar-refractivity contribution in [3.8, 4) is 5.88 Å². The van der Waals surface area contributed by atoms with Crippen LogP contribution in [-0.4, -0.2) is 18.0 Å². The lowest BCUT2D eigenvalue weighted by Gasteiger charge is -2.17. The number of methoxy groups -OCH3 is 1. The molecule has 1 amide bonds. The summed E-state index contributed by atoms with van der Waals surface area (Å²) in [5.74, 6) is 0.370. The van der Waals surface area contributed by atoms with Gasteiger partial charge in [0.05, 0.1) is 18.7 Å². The number of amides is 1. The number of hydrogen-bond donors (Lipinski definition) is 1. The van der Waals surface area contributed by atoms with Gasteiger partial charge in [0.25, 0.3) is 5.91 Å².